The fourth-order valence-corrected chi connectivity index (χ4v) is 3.88. The summed E-state index contributed by atoms with van der Waals surface area (Å²) in [6.45, 7) is 3.83. The van der Waals surface area contributed by atoms with Crippen molar-refractivity contribution < 1.29 is 4.79 Å². The largest absolute Gasteiger partial charge is 0.338 e. The molecule has 2 N–H and O–H groups in total. The molecule has 3 aliphatic rings. The fourth-order valence-electron chi connectivity index (χ4n) is 3.88. The molecule has 0 spiro atoms. The van der Waals surface area contributed by atoms with Crippen molar-refractivity contribution in [2.75, 3.05) is 13.1 Å². The molecule has 4 atom stereocenters. The molecule has 0 aromatic carbocycles. The molecule has 1 aliphatic heterocycles. The van der Waals surface area contributed by atoms with Crippen molar-refractivity contribution in [2.24, 2.45) is 23.5 Å². The molecule has 0 radical (unpaired) electrons. The second kappa shape index (κ2) is 4.13. The molecular formula is C14H22N2O. The summed E-state index contributed by atoms with van der Waals surface area (Å²) in [5.41, 5.74) is 7.64. The van der Waals surface area contributed by atoms with Crippen LogP contribution in [0, 0.1) is 17.8 Å². The summed E-state index contributed by atoms with van der Waals surface area (Å²) in [4.78, 5) is 14.5. The van der Waals surface area contributed by atoms with Crippen LogP contribution in [0.25, 0.3) is 0 Å². The van der Waals surface area contributed by atoms with Crippen molar-refractivity contribution in [1.82, 2.24) is 4.90 Å². The van der Waals surface area contributed by atoms with Gasteiger partial charge >= 0.3 is 0 Å². The van der Waals surface area contributed by atoms with Gasteiger partial charge in [-0.15, -0.1) is 0 Å². The van der Waals surface area contributed by atoms with Crippen LogP contribution in [0.2, 0.25) is 0 Å². The number of rotatable bonds is 1. The van der Waals surface area contributed by atoms with Gasteiger partial charge in [-0.3, -0.25) is 4.79 Å². The minimum Gasteiger partial charge on any atom is -0.338 e. The molecule has 3 heteroatoms. The Hall–Kier alpha value is -0.830. The lowest BCUT2D eigenvalue weighted by Gasteiger charge is -2.34. The Morgan fingerprint density at radius 3 is 2.76 bits per heavy atom. The molecule has 2 saturated carbocycles. The van der Waals surface area contributed by atoms with Gasteiger partial charge in [0.15, 0.2) is 0 Å². The molecule has 0 aromatic heterocycles. The zero-order valence-electron chi connectivity index (χ0n) is 10.6. The Balaban J connectivity index is 1.71. The van der Waals surface area contributed by atoms with E-state index in [4.69, 9.17) is 5.73 Å². The van der Waals surface area contributed by atoms with E-state index in [0.29, 0.717) is 17.7 Å². The monoisotopic (exact) mass is 234 g/mol. The first-order valence-corrected chi connectivity index (χ1v) is 6.87. The van der Waals surface area contributed by atoms with Crippen LogP contribution in [0.1, 0.15) is 32.6 Å². The summed E-state index contributed by atoms with van der Waals surface area (Å²) in [5, 5.41) is 0. The number of nitrogens with two attached hydrogens (primary N) is 1. The zero-order chi connectivity index (χ0) is 12.0. The number of carbonyl (C=O) groups excluding carboxylic acids is 1. The van der Waals surface area contributed by atoms with Crippen molar-refractivity contribution in [3.8, 4) is 0 Å². The second-order valence-corrected chi connectivity index (χ2v) is 6.02. The lowest BCUT2D eigenvalue weighted by atomic mass is 9.83. The number of hydrogen-bond donors (Lipinski definition) is 1. The average molecular weight is 234 g/mol. The van der Waals surface area contributed by atoms with Gasteiger partial charge in [-0.1, -0.05) is 11.6 Å². The maximum atomic E-state index is 12.5. The molecule has 1 heterocycles. The molecule has 17 heavy (non-hydrogen) atoms. The number of hydrogen-bond acceptors (Lipinski definition) is 2. The molecule has 3 rings (SSSR count). The molecular weight excluding hydrogens is 212 g/mol. The molecule has 94 valence electrons. The van der Waals surface area contributed by atoms with Crippen LogP contribution in [-0.2, 0) is 4.79 Å². The van der Waals surface area contributed by atoms with Crippen LogP contribution in [0.15, 0.2) is 11.6 Å². The highest BCUT2D eigenvalue weighted by Crippen LogP contribution is 2.48. The lowest BCUT2D eigenvalue weighted by Crippen LogP contribution is -2.48. The Morgan fingerprint density at radius 1 is 1.41 bits per heavy atom. The summed E-state index contributed by atoms with van der Waals surface area (Å²) in [7, 11) is 0. The quantitative estimate of drug-likeness (QED) is 0.700. The number of nitrogens with zero attached hydrogens (tertiary/aromatic N) is 1. The van der Waals surface area contributed by atoms with Crippen LogP contribution in [0.5, 0.6) is 0 Å². The van der Waals surface area contributed by atoms with E-state index in [1.807, 2.05) is 4.90 Å². The molecule has 0 saturated heterocycles. The van der Waals surface area contributed by atoms with E-state index in [-0.39, 0.29) is 12.0 Å². The van der Waals surface area contributed by atoms with Gasteiger partial charge in [-0.05, 0) is 44.4 Å². The molecule has 2 fully saturated rings. The van der Waals surface area contributed by atoms with E-state index >= 15 is 0 Å². The Morgan fingerprint density at radius 2 is 2.18 bits per heavy atom. The minimum absolute atomic E-state index is 0.126. The van der Waals surface area contributed by atoms with Crippen LogP contribution in [0.3, 0.4) is 0 Å². The molecule has 3 nitrogen and oxygen atoms in total. The van der Waals surface area contributed by atoms with Gasteiger partial charge in [-0.2, -0.15) is 0 Å². The van der Waals surface area contributed by atoms with Crippen molar-refractivity contribution >= 4 is 5.91 Å². The molecule has 0 aromatic rings. The first kappa shape index (κ1) is 11.3. The highest BCUT2D eigenvalue weighted by atomic mass is 16.2. The van der Waals surface area contributed by atoms with Crippen molar-refractivity contribution in [1.29, 1.82) is 0 Å². The van der Waals surface area contributed by atoms with Gasteiger partial charge in [0.1, 0.15) is 0 Å². The van der Waals surface area contributed by atoms with Crippen LogP contribution < -0.4 is 5.73 Å². The maximum absolute atomic E-state index is 12.5. The topological polar surface area (TPSA) is 46.3 Å². The van der Waals surface area contributed by atoms with Crippen LogP contribution >= 0.6 is 0 Å². The van der Waals surface area contributed by atoms with E-state index in [1.165, 1.54) is 24.8 Å². The van der Waals surface area contributed by atoms with Gasteiger partial charge in [-0.25, -0.2) is 0 Å². The second-order valence-electron chi connectivity index (χ2n) is 6.02. The number of amides is 1. The van der Waals surface area contributed by atoms with Crippen molar-refractivity contribution in [3.63, 3.8) is 0 Å². The minimum atomic E-state index is 0.126. The van der Waals surface area contributed by atoms with Crippen molar-refractivity contribution in [2.45, 2.75) is 38.6 Å². The Bertz CT molecular complexity index is 361. The predicted octanol–water partition coefficient (Wildman–Crippen LogP) is 1.54. The highest BCUT2D eigenvalue weighted by Gasteiger charge is 2.50. The van der Waals surface area contributed by atoms with Gasteiger partial charge in [0.05, 0.1) is 5.92 Å². The van der Waals surface area contributed by atoms with Gasteiger partial charge in [0, 0.05) is 19.1 Å². The Labute approximate surface area is 103 Å². The third-order valence-corrected chi connectivity index (χ3v) is 5.01. The summed E-state index contributed by atoms with van der Waals surface area (Å²) < 4.78 is 0. The summed E-state index contributed by atoms with van der Waals surface area (Å²) in [6, 6.07) is 0.133. The molecule has 2 aliphatic carbocycles. The van der Waals surface area contributed by atoms with E-state index < -0.39 is 0 Å². The van der Waals surface area contributed by atoms with Gasteiger partial charge < -0.3 is 10.6 Å². The van der Waals surface area contributed by atoms with Crippen LogP contribution in [0.4, 0.5) is 0 Å². The fraction of sp³-hybridized carbons (Fsp3) is 0.786. The summed E-state index contributed by atoms with van der Waals surface area (Å²) >= 11 is 0. The highest BCUT2D eigenvalue weighted by molar-refractivity contribution is 5.81. The van der Waals surface area contributed by atoms with E-state index in [1.54, 1.807) is 0 Å². The van der Waals surface area contributed by atoms with Crippen molar-refractivity contribution in [3.05, 3.63) is 11.6 Å². The number of carbonyl (C=O) groups is 1. The summed E-state index contributed by atoms with van der Waals surface area (Å²) in [6.07, 6.45) is 6.87. The first-order valence-electron chi connectivity index (χ1n) is 6.87. The maximum Gasteiger partial charge on any atom is 0.227 e. The Kier molecular flexibility index (Phi) is 2.74. The molecule has 4 unspecified atom stereocenters. The van der Waals surface area contributed by atoms with E-state index in [9.17, 15) is 4.79 Å². The standard InChI is InChI=1S/C14H22N2O/c1-9-4-6-16(7-5-9)14(17)12-10-2-3-11(8-10)13(12)15/h4,10-13H,2-3,5-8,15H2,1H3. The van der Waals surface area contributed by atoms with Gasteiger partial charge in [0.2, 0.25) is 5.91 Å². The zero-order valence-corrected chi connectivity index (χ0v) is 10.6. The molecule has 1 amide bonds. The smallest absolute Gasteiger partial charge is 0.227 e. The predicted molar refractivity (Wildman–Crippen MR) is 67.3 cm³/mol. The third-order valence-electron chi connectivity index (χ3n) is 5.01. The van der Waals surface area contributed by atoms with E-state index in [2.05, 4.69) is 13.0 Å². The van der Waals surface area contributed by atoms with E-state index in [0.717, 1.165) is 19.5 Å². The molecule has 2 bridgehead atoms. The SMILES string of the molecule is CC1=CCN(C(=O)C2C3CCC(C3)C2N)CC1. The third kappa shape index (κ3) is 1.81. The average Bonchev–Trinajstić information content (AvgIpc) is 2.89. The number of fused-ring (bicyclic) bond motifs is 2. The summed E-state index contributed by atoms with van der Waals surface area (Å²) in [5.74, 6) is 1.65. The lowest BCUT2D eigenvalue weighted by molar-refractivity contribution is -0.137. The first-order chi connectivity index (χ1) is 8.16. The van der Waals surface area contributed by atoms with Crippen LogP contribution in [-0.4, -0.2) is 29.9 Å². The normalized spacial score (nSPS) is 40.6. The van der Waals surface area contributed by atoms with Gasteiger partial charge in [0.25, 0.3) is 0 Å².